The lowest BCUT2D eigenvalue weighted by molar-refractivity contribution is 0.102. The Hall–Kier alpha value is -3.75. The van der Waals surface area contributed by atoms with E-state index >= 15 is 0 Å². The highest BCUT2D eigenvalue weighted by Crippen LogP contribution is 2.18. The van der Waals surface area contributed by atoms with E-state index in [4.69, 9.17) is 4.42 Å². The molecule has 26 heavy (non-hydrogen) atoms. The molecule has 0 saturated heterocycles. The van der Waals surface area contributed by atoms with E-state index in [1.54, 1.807) is 35.2 Å². The molecule has 0 spiro atoms. The lowest BCUT2D eigenvalue weighted by Gasteiger charge is -2.06. The molecule has 9 nitrogen and oxygen atoms in total. The minimum Gasteiger partial charge on any atom is -0.463 e. The zero-order valence-corrected chi connectivity index (χ0v) is 14.1. The van der Waals surface area contributed by atoms with Gasteiger partial charge in [0.1, 0.15) is 17.8 Å². The number of aryl methyl sites for hydroxylation is 2. The van der Waals surface area contributed by atoms with Crippen molar-refractivity contribution in [2.75, 3.05) is 5.32 Å². The largest absolute Gasteiger partial charge is 0.463 e. The van der Waals surface area contributed by atoms with Crippen LogP contribution in [0.2, 0.25) is 0 Å². The van der Waals surface area contributed by atoms with Gasteiger partial charge in [-0.3, -0.25) is 9.89 Å². The highest BCUT2D eigenvalue weighted by molar-refractivity contribution is 6.02. The molecule has 4 heterocycles. The summed E-state index contributed by atoms with van der Waals surface area (Å²) in [6, 6.07) is 8.74. The van der Waals surface area contributed by atoms with Gasteiger partial charge in [-0.25, -0.2) is 14.6 Å². The summed E-state index contributed by atoms with van der Waals surface area (Å²) in [6.07, 6.45) is 2.93. The fourth-order valence-corrected chi connectivity index (χ4v) is 2.57. The van der Waals surface area contributed by atoms with E-state index in [0.29, 0.717) is 23.1 Å². The fraction of sp³-hybridized carbons (Fsp3) is 0.118. The van der Waals surface area contributed by atoms with Crippen LogP contribution in [0.3, 0.4) is 0 Å². The van der Waals surface area contributed by atoms with Crippen molar-refractivity contribution in [2.24, 2.45) is 0 Å². The third-order valence-corrected chi connectivity index (χ3v) is 3.72. The molecule has 130 valence electrons. The fourth-order valence-electron chi connectivity index (χ4n) is 2.57. The Morgan fingerprint density at radius 1 is 1.23 bits per heavy atom. The Morgan fingerprint density at radius 3 is 2.85 bits per heavy atom. The summed E-state index contributed by atoms with van der Waals surface area (Å²) in [7, 11) is 0. The van der Waals surface area contributed by atoms with Crippen LogP contribution in [0.15, 0.2) is 47.3 Å². The Labute approximate surface area is 148 Å². The number of aromatic amines is 1. The van der Waals surface area contributed by atoms with Crippen LogP contribution >= 0.6 is 0 Å². The highest BCUT2D eigenvalue weighted by Gasteiger charge is 2.14. The number of hydrogen-bond acceptors (Lipinski definition) is 6. The lowest BCUT2D eigenvalue weighted by Crippen LogP contribution is -2.14. The van der Waals surface area contributed by atoms with Crippen molar-refractivity contribution in [2.45, 2.75) is 13.8 Å². The molecule has 2 N–H and O–H groups in total. The van der Waals surface area contributed by atoms with Crippen molar-refractivity contribution in [1.29, 1.82) is 0 Å². The van der Waals surface area contributed by atoms with Gasteiger partial charge in [0.15, 0.2) is 17.3 Å². The van der Waals surface area contributed by atoms with Gasteiger partial charge in [-0.15, -0.1) is 0 Å². The molecule has 0 fully saturated rings. The van der Waals surface area contributed by atoms with Crippen LogP contribution in [0.25, 0.3) is 17.3 Å². The molecule has 0 radical (unpaired) electrons. The predicted octanol–water partition coefficient (Wildman–Crippen LogP) is 2.51. The molecular weight excluding hydrogens is 334 g/mol. The first-order chi connectivity index (χ1) is 12.6. The first-order valence-electron chi connectivity index (χ1n) is 7.86. The van der Waals surface area contributed by atoms with Gasteiger partial charge in [-0.05, 0) is 32.0 Å². The Kier molecular flexibility index (Phi) is 3.81. The number of furan rings is 1. The minimum absolute atomic E-state index is 0.225. The van der Waals surface area contributed by atoms with E-state index < -0.39 is 5.91 Å². The van der Waals surface area contributed by atoms with E-state index in [9.17, 15) is 4.79 Å². The normalized spacial score (nSPS) is 10.8. The second kappa shape index (κ2) is 6.28. The quantitative estimate of drug-likeness (QED) is 0.585. The Morgan fingerprint density at radius 2 is 2.12 bits per heavy atom. The molecule has 0 bridgehead atoms. The number of nitrogens with one attached hydrogen (secondary N) is 2. The molecule has 4 aromatic rings. The summed E-state index contributed by atoms with van der Waals surface area (Å²) in [5.74, 6) is 1.14. The maximum atomic E-state index is 12.4. The van der Waals surface area contributed by atoms with E-state index in [2.05, 4.69) is 30.6 Å². The van der Waals surface area contributed by atoms with E-state index in [1.165, 1.54) is 6.33 Å². The molecular formula is C17H15N7O2. The van der Waals surface area contributed by atoms with Crippen molar-refractivity contribution in [1.82, 2.24) is 29.9 Å². The molecule has 4 aromatic heterocycles. The van der Waals surface area contributed by atoms with Gasteiger partial charge in [0.25, 0.3) is 5.91 Å². The zero-order chi connectivity index (χ0) is 18.1. The van der Waals surface area contributed by atoms with Crippen molar-refractivity contribution < 1.29 is 9.21 Å². The standard InChI is InChI=1S/C17H15N7O2/c1-10-6-11(2)24(23-10)16-8-15(18-9-19-16)20-17(25)13-7-12(21-22-13)14-4-3-5-26-14/h3-9H,1-2H3,(H,21,22)(H,18,19,20,25). The topological polar surface area (TPSA) is 115 Å². The molecule has 0 saturated carbocycles. The van der Waals surface area contributed by atoms with Gasteiger partial charge in [0.2, 0.25) is 0 Å². The van der Waals surface area contributed by atoms with Crippen molar-refractivity contribution >= 4 is 11.7 Å². The highest BCUT2D eigenvalue weighted by atomic mass is 16.3. The monoisotopic (exact) mass is 349 g/mol. The van der Waals surface area contributed by atoms with E-state index in [0.717, 1.165) is 11.4 Å². The average molecular weight is 349 g/mol. The molecule has 0 aromatic carbocycles. The number of amides is 1. The molecule has 0 atom stereocenters. The van der Waals surface area contributed by atoms with Crippen molar-refractivity contribution in [3.05, 3.63) is 60.0 Å². The van der Waals surface area contributed by atoms with Crippen LogP contribution in [0.5, 0.6) is 0 Å². The average Bonchev–Trinajstić information content (AvgIpc) is 3.35. The molecule has 0 aliphatic heterocycles. The molecule has 0 aliphatic rings. The summed E-state index contributed by atoms with van der Waals surface area (Å²) in [5, 5.41) is 13.9. The summed E-state index contributed by atoms with van der Waals surface area (Å²) >= 11 is 0. The summed E-state index contributed by atoms with van der Waals surface area (Å²) in [5.41, 5.74) is 2.66. The number of aromatic nitrogens is 6. The maximum absolute atomic E-state index is 12.4. The summed E-state index contributed by atoms with van der Waals surface area (Å²) in [6.45, 7) is 3.84. The molecule has 4 rings (SSSR count). The molecule has 9 heteroatoms. The smallest absolute Gasteiger partial charge is 0.277 e. The number of hydrogen-bond donors (Lipinski definition) is 2. The van der Waals surface area contributed by atoms with Gasteiger partial charge < -0.3 is 9.73 Å². The zero-order valence-electron chi connectivity index (χ0n) is 14.1. The maximum Gasteiger partial charge on any atom is 0.277 e. The number of rotatable bonds is 4. The van der Waals surface area contributed by atoms with Gasteiger partial charge in [0, 0.05) is 17.8 Å². The van der Waals surface area contributed by atoms with Gasteiger partial charge >= 0.3 is 0 Å². The number of carbonyl (C=O) groups is 1. The van der Waals surface area contributed by atoms with Crippen LogP contribution in [-0.2, 0) is 0 Å². The van der Waals surface area contributed by atoms with E-state index in [-0.39, 0.29) is 5.69 Å². The Balaban J connectivity index is 1.55. The van der Waals surface area contributed by atoms with Crippen LogP contribution < -0.4 is 5.32 Å². The third kappa shape index (κ3) is 2.97. The predicted molar refractivity (Wildman–Crippen MR) is 92.9 cm³/mol. The van der Waals surface area contributed by atoms with Crippen molar-refractivity contribution in [3.8, 4) is 17.3 Å². The number of anilines is 1. The molecule has 0 aliphatic carbocycles. The first-order valence-corrected chi connectivity index (χ1v) is 7.86. The lowest BCUT2D eigenvalue weighted by atomic mass is 10.3. The number of nitrogens with zero attached hydrogens (tertiary/aromatic N) is 5. The van der Waals surface area contributed by atoms with Gasteiger partial charge in [-0.1, -0.05) is 0 Å². The summed E-state index contributed by atoms with van der Waals surface area (Å²) in [4.78, 5) is 20.7. The van der Waals surface area contributed by atoms with E-state index in [1.807, 2.05) is 19.9 Å². The van der Waals surface area contributed by atoms with Gasteiger partial charge in [0.05, 0.1) is 12.0 Å². The van der Waals surface area contributed by atoms with Crippen molar-refractivity contribution in [3.63, 3.8) is 0 Å². The number of H-pyrrole nitrogens is 1. The van der Waals surface area contributed by atoms with Crippen LogP contribution in [-0.4, -0.2) is 35.9 Å². The third-order valence-electron chi connectivity index (χ3n) is 3.72. The second-order valence-electron chi connectivity index (χ2n) is 5.70. The SMILES string of the molecule is Cc1cc(C)n(-c2cc(NC(=O)c3cc(-c4ccco4)[nH]n3)ncn2)n1. The Bertz CT molecular complexity index is 1060. The first kappa shape index (κ1) is 15.8. The van der Waals surface area contributed by atoms with Crippen LogP contribution in [0.4, 0.5) is 5.82 Å². The van der Waals surface area contributed by atoms with Crippen LogP contribution in [0.1, 0.15) is 21.9 Å². The molecule has 0 unspecified atom stereocenters. The van der Waals surface area contributed by atoms with Crippen LogP contribution in [0, 0.1) is 13.8 Å². The van der Waals surface area contributed by atoms with Gasteiger partial charge in [-0.2, -0.15) is 10.2 Å². The number of carbonyl (C=O) groups excluding carboxylic acids is 1. The minimum atomic E-state index is -0.392. The summed E-state index contributed by atoms with van der Waals surface area (Å²) < 4.78 is 6.97. The molecule has 1 amide bonds. The second-order valence-corrected chi connectivity index (χ2v) is 5.70.